The molecule has 0 aromatic heterocycles. The van der Waals surface area contributed by atoms with Crippen molar-refractivity contribution in [2.75, 3.05) is 20.1 Å². The van der Waals surface area contributed by atoms with E-state index in [4.69, 9.17) is 0 Å². The first-order valence-electron chi connectivity index (χ1n) is 7.56. The Morgan fingerprint density at radius 3 is 2.30 bits per heavy atom. The predicted octanol–water partition coefficient (Wildman–Crippen LogP) is 3.53. The van der Waals surface area contributed by atoms with Gasteiger partial charge in [0.15, 0.2) is 0 Å². The van der Waals surface area contributed by atoms with E-state index in [1.807, 2.05) is 12.1 Å². The monoisotopic (exact) mass is 280 g/mol. The fraction of sp³-hybridized carbons (Fsp3) is 0.647. The van der Waals surface area contributed by atoms with Gasteiger partial charge in [-0.2, -0.15) is 0 Å². The molecule has 114 valence electrons. The Hall–Kier alpha value is -0.930. The molecule has 1 aromatic carbocycles. The molecule has 0 saturated carbocycles. The molecular weight excluding hydrogens is 251 g/mol. The van der Waals surface area contributed by atoms with E-state index in [9.17, 15) is 4.39 Å². The lowest BCUT2D eigenvalue weighted by Crippen LogP contribution is -2.44. The van der Waals surface area contributed by atoms with Gasteiger partial charge >= 0.3 is 0 Å². The van der Waals surface area contributed by atoms with Crippen LogP contribution in [0.25, 0.3) is 0 Å². The van der Waals surface area contributed by atoms with Crippen LogP contribution in [0.5, 0.6) is 0 Å². The summed E-state index contributed by atoms with van der Waals surface area (Å²) in [6, 6.07) is 7.44. The Bertz CT molecular complexity index is 390. The average Bonchev–Trinajstić information content (AvgIpc) is 2.36. The van der Waals surface area contributed by atoms with Crippen molar-refractivity contribution in [1.29, 1.82) is 0 Å². The number of likely N-dealkylation sites (N-methyl/N-ethyl adjacent to an activating group) is 1. The van der Waals surface area contributed by atoms with Crippen molar-refractivity contribution < 1.29 is 4.39 Å². The van der Waals surface area contributed by atoms with Crippen LogP contribution in [0.15, 0.2) is 24.3 Å². The van der Waals surface area contributed by atoms with Gasteiger partial charge in [-0.15, -0.1) is 0 Å². The average molecular weight is 280 g/mol. The van der Waals surface area contributed by atoms with Gasteiger partial charge in [-0.25, -0.2) is 4.39 Å². The maximum Gasteiger partial charge on any atom is 0.127 e. The van der Waals surface area contributed by atoms with Gasteiger partial charge in [-0.3, -0.25) is 4.90 Å². The first-order chi connectivity index (χ1) is 9.41. The van der Waals surface area contributed by atoms with Crippen molar-refractivity contribution in [3.63, 3.8) is 0 Å². The zero-order chi connectivity index (χ0) is 15.1. The van der Waals surface area contributed by atoms with Crippen molar-refractivity contribution in [1.82, 2.24) is 10.2 Å². The second kappa shape index (κ2) is 8.38. The molecule has 0 heterocycles. The molecule has 1 aromatic rings. The molecule has 0 amide bonds. The highest BCUT2D eigenvalue weighted by Crippen LogP contribution is 2.14. The number of hydrogen-bond acceptors (Lipinski definition) is 2. The number of rotatable bonds is 8. The third kappa shape index (κ3) is 5.59. The lowest BCUT2D eigenvalue weighted by molar-refractivity contribution is 0.176. The van der Waals surface area contributed by atoms with Gasteiger partial charge in [0.25, 0.3) is 0 Å². The lowest BCUT2D eigenvalue weighted by atomic mass is 10.0. The van der Waals surface area contributed by atoms with Gasteiger partial charge in [0.05, 0.1) is 0 Å². The molecule has 0 saturated heterocycles. The van der Waals surface area contributed by atoms with Gasteiger partial charge in [0, 0.05) is 24.7 Å². The summed E-state index contributed by atoms with van der Waals surface area (Å²) >= 11 is 0. The van der Waals surface area contributed by atoms with E-state index in [2.05, 4.69) is 45.0 Å². The zero-order valence-corrected chi connectivity index (χ0v) is 13.5. The van der Waals surface area contributed by atoms with E-state index in [-0.39, 0.29) is 5.82 Å². The molecule has 1 N–H and O–H groups in total. The van der Waals surface area contributed by atoms with Crippen LogP contribution in [0.4, 0.5) is 4.39 Å². The fourth-order valence-electron chi connectivity index (χ4n) is 2.43. The van der Waals surface area contributed by atoms with Crippen molar-refractivity contribution in [3.8, 4) is 0 Å². The zero-order valence-electron chi connectivity index (χ0n) is 13.5. The van der Waals surface area contributed by atoms with Gasteiger partial charge in [0.2, 0.25) is 0 Å². The van der Waals surface area contributed by atoms with Crippen LogP contribution in [-0.4, -0.2) is 31.1 Å². The highest BCUT2D eigenvalue weighted by Gasteiger charge is 2.19. The topological polar surface area (TPSA) is 15.3 Å². The molecule has 0 aliphatic carbocycles. The molecule has 1 rings (SSSR count). The van der Waals surface area contributed by atoms with Gasteiger partial charge < -0.3 is 5.32 Å². The summed E-state index contributed by atoms with van der Waals surface area (Å²) in [6.45, 7) is 11.5. The normalized spacial score (nSPS) is 13.4. The third-order valence-electron chi connectivity index (χ3n) is 3.62. The van der Waals surface area contributed by atoms with E-state index >= 15 is 0 Å². The van der Waals surface area contributed by atoms with E-state index in [0.717, 1.165) is 18.7 Å². The summed E-state index contributed by atoms with van der Waals surface area (Å²) in [5, 5.41) is 3.51. The molecule has 0 radical (unpaired) electrons. The van der Waals surface area contributed by atoms with E-state index < -0.39 is 0 Å². The first kappa shape index (κ1) is 17.1. The Labute approximate surface area is 123 Å². The maximum absolute atomic E-state index is 13.7. The minimum Gasteiger partial charge on any atom is -0.315 e. The molecule has 0 fully saturated rings. The quantitative estimate of drug-likeness (QED) is 0.783. The molecule has 0 bridgehead atoms. The molecule has 3 heteroatoms. The number of hydrogen-bond donors (Lipinski definition) is 1. The largest absolute Gasteiger partial charge is 0.315 e. The van der Waals surface area contributed by atoms with Gasteiger partial charge in [0.1, 0.15) is 5.82 Å². The second-order valence-corrected chi connectivity index (χ2v) is 6.37. The number of nitrogens with zero attached hydrogens (tertiary/aromatic N) is 1. The predicted molar refractivity (Wildman–Crippen MR) is 84.2 cm³/mol. The van der Waals surface area contributed by atoms with E-state index in [1.165, 1.54) is 6.07 Å². The smallest absolute Gasteiger partial charge is 0.127 e. The van der Waals surface area contributed by atoms with Crippen LogP contribution in [0.3, 0.4) is 0 Å². The second-order valence-electron chi connectivity index (χ2n) is 6.37. The Morgan fingerprint density at radius 1 is 1.10 bits per heavy atom. The molecule has 1 atom stereocenters. The van der Waals surface area contributed by atoms with Gasteiger partial charge in [-0.05, 0) is 31.5 Å². The minimum absolute atomic E-state index is 0.114. The Kier molecular flexibility index (Phi) is 7.17. The van der Waals surface area contributed by atoms with Crippen LogP contribution in [0, 0.1) is 17.7 Å². The summed E-state index contributed by atoms with van der Waals surface area (Å²) in [4.78, 5) is 2.25. The summed E-state index contributed by atoms with van der Waals surface area (Å²) in [6.07, 6.45) is 0. The highest BCUT2D eigenvalue weighted by atomic mass is 19.1. The molecule has 1 unspecified atom stereocenters. The third-order valence-corrected chi connectivity index (χ3v) is 3.62. The Balaban J connectivity index is 2.60. The van der Waals surface area contributed by atoms with Crippen molar-refractivity contribution in [2.24, 2.45) is 11.8 Å². The first-order valence-corrected chi connectivity index (χ1v) is 7.56. The summed E-state index contributed by atoms with van der Waals surface area (Å²) in [5.74, 6) is 1.07. The van der Waals surface area contributed by atoms with Gasteiger partial charge in [-0.1, -0.05) is 45.9 Å². The van der Waals surface area contributed by atoms with Crippen molar-refractivity contribution in [3.05, 3.63) is 35.6 Å². The highest BCUT2D eigenvalue weighted by molar-refractivity contribution is 5.17. The van der Waals surface area contributed by atoms with Crippen LogP contribution >= 0.6 is 0 Å². The summed E-state index contributed by atoms with van der Waals surface area (Å²) in [5.41, 5.74) is 0.768. The van der Waals surface area contributed by atoms with E-state index in [1.54, 1.807) is 6.07 Å². The standard InChI is InChI=1S/C17H29FN2/c1-13(2)10-19-11-17(14(3)4)20(5)12-15-8-6-7-9-16(15)18/h6-9,13-14,17,19H,10-12H2,1-5H3. The molecule has 0 spiro atoms. The molecular formula is C17H29FN2. The fourth-order valence-corrected chi connectivity index (χ4v) is 2.43. The number of halogens is 1. The summed E-state index contributed by atoms with van der Waals surface area (Å²) in [7, 11) is 2.08. The minimum atomic E-state index is -0.114. The molecule has 0 aliphatic rings. The Morgan fingerprint density at radius 2 is 1.75 bits per heavy atom. The maximum atomic E-state index is 13.7. The van der Waals surface area contributed by atoms with Crippen molar-refractivity contribution in [2.45, 2.75) is 40.3 Å². The van der Waals surface area contributed by atoms with Crippen LogP contribution in [0.2, 0.25) is 0 Å². The summed E-state index contributed by atoms with van der Waals surface area (Å²) < 4.78 is 13.7. The van der Waals surface area contributed by atoms with Crippen LogP contribution in [-0.2, 0) is 6.54 Å². The van der Waals surface area contributed by atoms with E-state index in [0.29, 0.717) is 24.4 Å². The number of benzene rings is 1. The lowest BCUT2D eigenvalue weighted by Gasteiger charge is -2.32. The SMILES string of the molecule is CC(C)CNCC(C(C)C)N(C)Cc1ccccc1F. The molecule has 2 nitrogen and oxygen atoms in total. The number of nitrogens with one attached hydrogen (secondary N) is 1. The van der Waals surface area contributed by atoms with Crippen LogP contribution in [0.1, 0.15) is 33.3 Å². The molecule has 20 heavy (non-hydrogen) atoms. The molecule has 0 aliphatic heterocycles. The van der Waals surface area contributed by atoms with Crippen molar-refractivity contribution >= 4 is 0 Å². The van der Waals surface area contributed by atoms with Crippen LogP contribution < -0.4 is 5.32 Å².